The van der Waals surface area contributed by atoms with E-state index in [-0.39, 0.29) is 0 Å². The maximum absolute atomic E-state index is 12.7. The molecular weight excluding hydrogens is 388 g/mol. The fraction of sp³-hybridized carbons (Fsp3) is 0.350. The third kappa shape index (κ3) is 3.75. The fourth-order valence-electron chi connectivity index (χ4n) is 3.55. The summed E-state index contributed by atoms with van der Waals surface area (Å²) < 4.78 is 28.7. The number of rotatable bonds is 5. The van der Waals surface area contributed by atoms with Gasteiger partial charge in [0.1, 0.15) is 5.82 Å². The molecule has 9 heteroatoms. The van der Waals surface area contributed by atoms with Crippen molar-refractivity contribution in [1.82, 2.24) is 24.1 Å². The molecule has 1 aliphatic heterocycles. The van der Waals surface area contributed by atoms with Crippen molar-refractivity contribution in [2.24, 2.45) is 0 Å². The van der Waals surface area contributed by atoms with E-state index in [1.807, 2.05) is 47.0 Å². The van der Waals surface area contributed by atoms with Crippen LogP contribution in [0.15, 0.2) is 47.9 Å². The van der Waals surface area contributed by atoms with E-state index in [0.717, 1.165) is 35.7 Å². The SMILES string of the molecule is O=S(=O)(/C=C/c1ccccc1)N1CCN(c2ccc3nnc(C4CC4)n3n2)CC1. The van der Waals surface area contributed by atoms with Crippen molar-refractivity contribution < 1.29 is 8.42 Å². The lowest BCUT2D eigenvalue weighted by Crippen LogP contribution is -2.48. The Balaban J connectivity index is 1.28. The van der Waals surface area contributed by atoms with E-state index < -0.39 is 10.0 Å². The molecule has 2 aliphatic rings. The molecule has 1 aliphatic carbocycles. The van der Waals surface area contributed by atoms with Gasteiger partial charge in [0, 0.05) is 37.5 Å². The summed E-state index contributed by atoms with van der Waals surface area (Å²) in [5.41, 5.74) is 1.62. The monoisotopic (exact) mass is 410 g/mol. The number of aromatic nitrogens is 4. The molecule has 0 bridgehead atoms. The summed E-state index contributed by atoms with van der Waals surface area (Å²) in [6.45, 7) is 2.05. The second-order valence-corrected chi connectivity index (χ2v) is 9.26. The maximum atomic E-state index is 12.7. The Hall–Kier alpha value is -2.78. The zero-order valence-corrected chi connectivity index (χ0v) is 16.7. The van der Waals surface area contributed by atoms with Gasteiger partial charge in [0.25, 0.3) is 0 Å². The van der Waals surface area contributed by atoms with Crippen molar-refractivity contribution in [1.29, 1.82) is 0 Å². The van der Waals surface area contributed by atoms with Crippen LogP contribution >= 0.6 is 0 Å². The molecule has 0 N–H and O–H groups in total. The number of nitrogens with zero attached hydrogens (tertiary/aromatic N) is 6. The van der Waals surface area contributed by atoms with Crippen LogP contribution in [0.4, 0.5) is 5.82 Å². The molecule has 1 aromatic carbocycles. The van der Waals surface area contributed by atoms with Crippen LogP contribution in [-0.4, -0.2) is 58.7 Å². The predicted molar refractivity (Wildman–Crippen MR) is 111 cm³/mol. The number of fused-ring (bicyclic) bond motifs is 1. The van der Waals surface area contributed by atoms with Gasteiger partial charge in [-0.3, -0.25) is 0 Å². The van der Waals surface area contributed by atoms with Gasteiger partial charge in [0.2, 0.25) is 10.0 Å². The van der Waals surface area contributed by atoms with Gasteiger partial charge < -0.3 is 4.90 Å². The minimum absolute atomic E-state index is 0.429. The van der Waals surface area contributed by atoms with Gasteiger partial charge >= 0.3 is 0 Å². The first-order valence-corrected chi connectivity index (χ1v) is 11.3. The highest BCUT2D eigenvalue weighted by atomic mass is 32.2. The minimum atomic E-state index is -3.44. The van der Waals surface area contributed by atoms with Crippen molar-refractivity contribution in [2.75, 3.05) is 31.1 Å². The fourth-order valence-corrected chi connectivity index (χ4v) is 4.72. The van der Waals surface area contributed by atoms with Crippen molar-refractivity contribution in [3.8, 4) is 0 Å². The topological polar surface area (TPSA) is 83.7 Å². The van der Waals surface area contributed by atoms with E-state index >= 15 is 0 Å². The van der Waals surface area contributed by atoms with E-state index in [0.29, 0.717) is 32.1 Å². The molecule has 1 saturated carbocycles. The molecular formula is C20H22N6O2S. The van der Waals surface area contributed by atoms with E-state index in [9.17, 15) is 8.42 Å². The smallest absolute Gasteiger partial charge is 0.236 e. The summed E-state index contributed by atoms with van der Waals surface area (Å²) in [5, 5.41) is 14.5. The number of sulfonamides is 1. The van der Waals surface area contributed by atoms with E-state index in [1.165, 1.54) is 9.71 Å². The average molecular weight is 411 g/mol. The molecule has 0 amide bonds. The van der Waals surface area contributed by atoms with Crippen LogP contribution in [-0.2, 0) is 10.0 Å². The Bertz CT molecular complexity index is 1150. The van der Waals surface area contributed by atoms with Crippen molar-refractivity contribution in [3.63, 3.8) is 0 Å². The Morgan fingerprint density at radius 2 is 1.69 bits per heavy atom. The molecule has 29 heavy (non-hydrogen) atoms. The molecule has 8 nitrogen and oxygen atoms in total. The molecule has 0 atom stereocenters. The van der Waals surface area contributed by atoms with E-state index in [2.05, 4.69) is 15.1 Å². The number of anilines is 1. The van der Waals surface area contributed by atoms with Crippen LogP contribution in [0.3, 0.4) is 0 Å². The number of piperazine rings is 1. The van der Waals surface area contributed by atoms with Gasteiger partial charge in [-0.2, -0.15) is 8.82 Å². The van der Waals surface area contributed by atoms with Crippen LogP contribution in [0.1, 0.15) is 30.1 Å². The highest BCUT2D eigenvalue weighted by Gasteiger charge is 2.30. The average Bonchev–Trinajstić information content (AvgIpc) is 3.52. The summed E-state index contributed by atoms with van der Waals surface area (Å²) in [4.78, 5) is 2.11. The third-order valence-electron chi connectivity index (χ3n) is 5.37. The number of benzene rings is 1. The van der Waals surface area contributed by atoms with Gasteiger partial charge in [-0.05, 0) is 36.6 Å². The molecule has 2 fully saturated rings. The molecule has 3 aromatic rings. The highest BCUT2D eigenvalue weighted by molar-refractivity contribution is 7.92. The number of hydrogen-bond donors (Lipinski definition) is 0. The summed E-state index contributed by atoms with van der Waals surface area (Å²) >= 11 is 0. The predicted octanol–water partition coefficient (Wildman–Crippen LogP) is 2.12. The van der Waals surface area contributed by atoms with E-state index in [4.69, 9.17) is 5.10 Å². The number of hydrogen-bond acceptors (Lipinski definition) is 6. The Kier molecular flexibility index (Phi) is 4.56. The second kappa shape index (κ2) is 7.23. The normalized spacial score (nSPS) is 18.7. The lowest BCUT2D eigenvalue weighted by Gasteiger charge is -2.33. The highest BCUT2D eigenvalue weighted by Crippen LogP contribution is 2.38. The Morgan fingerprint density at radius 1 is 0.931 bits per heavy atom. The largest absolute Gasteiger partial charge is 0.353 e. The van der Waals surface area contributed by atoms with Crippen LogP contribution < -0.4 is 4.90 Å². The van der Waals surface area contributed by atoms with Gasteiger partial charge in [0.15, 0.2) is 11.5 Å². The molecule has 0 unspecified atom stereocenters. The molecule has 0 radical (unpaired) electrons. The Morgan fingerprint density at radius 3 is 2.41 bits per heavy atom. The third-order valence-corrected chi connectivity index (χ3v) is 6.93. The van der Waals surface area contributed by atoms with Crippen molar-refractivity contribution in [2.45, 2.75) is 18.8 Å². The lowest BCUT2D eigenvalue weighted by atomic mass is 10.2. The van der Waals surface area contributed by atoms with Crippen LogP contribution in [0.5, 0.6) is 0 Å². The zero-order valence-electron chi connectivity index (χ0n) is 15.9. The first-order chi connectivity index (χ1) is 14.1. The molecule has 1 saturated heterocycles. The standard InChI is InChI=1S/C20H22N6O2S/c27-29(28,15-10-16-4-2-1-3-5-16)25-13-11-24(12-14-25)19-9-8-18-21-22-20(17-6-7-17)26(18)23-19/h1-5,8-10,15,17H,6-7,11-14H2/b15-10+. The zero-order chi connectivity index (χ0) is 19.8. The van der Waals surface area contributed by atoms with Gasteiger partial charge in [-0.1, -0.05) is 30.3 Å². The summed E-state index contributed by atoms with van der Waals surface area (Å²) in [7, 11) is -3.44. The van der Waals surface area contributed by atoms with Crippen molar-refractivity contribution >= 4 is 27.6 Å². The molecule has 3 heterocycles. The van der Waals surface area contributed by atoms with Crippen LogP contribution in [0.2, 0.25) is 0 Å². The molecule has 150 valence electrons. The molecule has 2 aromatic heterocycles. The van der Waals surface area contributed by atoms with Gasteiger partial charge in [0.05, 0.1) is 0 Å². The first-order valence-electron chi connectivity index (χ1n) is 9.81. The summed E-state index contributed by atoms with van der Waals surface area (Å²) in [6.07, 6.45) is 3.92. The van der Waals surface area contributed by atoms with Crippen LogP contribution in [0.25, 0.3) is 11.7 Å². The Labute approximate surface area is 169 Å². The van der Waals surface area contributed by atoms with Gasteiger partial charge in [-0.25, -0.2) is 8.42 Å². The van der Waals surface area contributed by atoms with Gasteiger partial charge in [-0.15, -0.1) is 15.3 Å². The van der Waals surface area contributed by atoms with Crippen molar-refractivity contribution in [3.05, 3.63) is 59.3 Å². The summed E-state index contributed by atoms with van der Waals surface area (Å²) in [6, 6.07) is 13.3. The second-order valence-electron chi connectivity index (χ2n) is 7.44. The minimum Gasteiger partial charge on any atom is -0.353 e. The summed E-state index contributed by atoms with van der Waals surface area (Å²) in [5.74, 6) is 2.22. The van der Waals surface area contributed by atoms with E-state index in [1.54, 1.807) is 6.08 Å². The molecule has 5 rings (SSSR count). The molecule has 0 spiro atoms. The quantitative estimate of drug-likeness (QED) is 0.641. The first kappa shape index (κ1) is 18.3. The lowest BCUT2D eigenvalue weighted by molar-refractivity contribution is 0.388. The maximum Gasteiger partial charge on any atom is 0.236 e. The van der Waals surface area contributed by atoms with Crippen LogP contribution in [0, 0.1) is 0 Å².